The molecule has 1 heterocycles. The molecule has 33 heavy (non-hydrogen) atoms. The number of rotatable bonds is 6. The van der Waals surface area contributed by atoms with Crippen LogP contribution < -0.4 is 14.4 Å². The SMILES string of the molecule is Cc1ccc(S(=O)(=O)N2CCCc3ccc(NC(=O)c4ccc(OC(C)C)cc4)cc32)cc1. The average molecular weight is 465 g/mol. The molecule has 3 aromatic carbocycles. The summed E-state index contributed by atoms with van der Waals surface area (Å²) in [4.78, 5) is 13.0. The van der Waals surface area contributed by atoms with Crippen LogP contribution >= 0.6 is 0 Å². The number of carbonyl (C=O) groups is 1. The molecule has 3 aromatic rings. The number of aryl methyl sites for hydroxylation is 2. The zero-order valence-electron chi connectivity index (χ0n) is 19.0. The Morgan fingerprint density at radius 2 is 1.70 bits per heavy atom. The first-order valence-electron chi connectivity index (χ1n) is 11.0. The van der Waals surface area contributed by atoms with Crippen LogP contribution in [-0.4, -0.2) is 27.0 Å². The van der Waals surface area contributed by atoms with Crippen molar-refractivity contribution in [3.8, 4) is 5.75 Å². The van der Waals surface area contributed by atoms with Crippen molar-refractivity contribution < 1.29 is 17.9 Å². The maximum absolute atomic E-state index is 13.4. The smallest absolute Gasteiger partial charge is 0.264 e. The first kappa shape index (κ1) is 22.9. The van der Waals surface area contributed by atoms with Crippen LogP contribution in [0, 0.1) is 6.92 Å². The maximum atomic E-state index is 13.4. The van der Waals surface area contributed by atoms with E-state index in [-0.39, 0.29) is 16.9 Å². The van der Waals surface area contributed by atoms with Crippen molar-refractivity contribution in [3.05, 3.63) is 83.4 Å². The van der Waals surface area contributed by atoms with Crippen LogP contribution in [0.4, 0.5) is 11.4 Å². The Bertz CT molecular complexity index is 1250. The molecule has 0 aromatic heterocycles. The van der Waals surface area contributed by atoms with Crippen molar-refractivity contribution in [2.24, 2.45) is 0 Å². The number of carbonyl (C=O) groups excluding carboxylic acids is 1. The molecule has 0 aliphatic carbocycles. The van der Waals surface area contributed by atoms with Crippen molar-refractivity contribution >= 4 is 27.3 Å². The summed E-state index contributed by atoms with van der Waals surface area (Å²) in [6.45, 7) is 6.21. The molecule has 0 saturated carbocycles. The minimum atomic E-state index is -3.70. The molecule has 0 radical (unpaired) electrons. The van der Waals surface area contributed by atoms with Gasteiger partial charge in [-0.15, -0.1) is 0 Å². The lowest BCUT2D eigenvalue weighted by Crippen LogP contribution is -2.35. The van der Waals surface area contributed by atoms with E-state index in [9.17, 15) is 13.2 Å². The normalized spacial score (nSPS) is 13.5. The summed E-state index contributed by atoms with van der Waals surface area (Å²) in [5.74, 6) is 0.432. The fourth-order valence-electron chi connectivity index (χ4n) is 3.87. The highest BCUT2D eigenvalue weighted by molar-refractivity contribution is 7.92. The summed E-state index contributed by atoms with van der Waals surface area (Å²) in [5, 5.41) is 2.89. The molecule has 0 spiro atoms. The Morgan fingerprint density at radius 1 is 1.00 bits per heavy atom. The first-order chi connectivity index (χ1) is 15.7. The lowest BCUT2D eigenvalue weighted by Gasteiger charge is -2.31. The topological polar surface area (TPSA) is 75.7 Å². The van der Waals surface area contributed by atoms with E-state index < -0.39 is 10.0 Å². The molecule has 0 unspecified atom stereocenters. The zero-order valence-corrected chi connectivity index (χ0v) is 19.9. The highest BCUT2D eigenvalue weighted by Crippen LogP contribution is 2.34. The van der Waals surface area contributed by atoms with E-state index >= 15 is 0 Å². The molecule has 172 valence electrons. The van der Waals surface area contributed by atoms with Gasteiger partial charge in [0, 0.05) is 17.8 Å². The van der Waals surface area contributed by atoms with Gasteiger partial charge in [0.1, 0.15) is 5.75 Å². The van der Waals surface area contributed by atoms with Gasteiger partial charge in [0.25, 0.3) is 15.9 Å². The second kappa shape index (κ2) is 9.27. The molecule has 0 saturated heterocycles. The van der Waals surface area contributed by atoms with Gasteiger partial charge in [-0.2, -0.15) is 0 Å². The van der Waals surface area contributed by atoms with E-state index in [1.165, 1.54) is 4.31 Å². The highest BCUT2D eigenvalue weighted by atomic mass is 32.2. The molecule has 7 heteroatoms. The third kappa shape index (κ3) is 5.03. The van der Waals surface area contributed by atoms with Gasteiger partial charge in [0.2, 0.25) is 0 Å². The third-order valence-corrected chi connectivity index (χ3v) is 7.34. The molecular weight excluding hydrogens is 436 g/mol. The minimum Gasteiger partial charge on any atom is -0.491 e. The molecule has 4 rings (SSSR count). The lowest BCUT2D eigenvalue weighted by molar-refractivity contribution is 0.102. The minimum absolute atomic E-state index is 0.0549. The summed E-state index contributed by atoms with van der Waals surface area (Å²) in [7, 11) is -3.70. The lowest BCUT2D eigenvalue weighted by atomic mass is 10.0. The Kier molecular flexibility index (Phi) is 6.42. The third-order valence-electron chi connectivity index (χ3n) is 5.52. The van der Waals surface area contributed by atoms with E-state index in [1.54, 1.807) is 54.6 Å². The van der Waals surface area contributed by atoms with Crippen LogP contribution in [-0.2, 0) is 16.4 Å². The number of fused-ring (bicyclic) bond motifs is 1. The largest absolute Gasteiger partial charge is 0.491 e. The predicted molar refractivity (Wildman–Crippen MR) is 131 cm³/mol. The molecule has 1 N–H and O–H groups in total. The maximum Gasteiger partial charge on any atom is 0.264 e. The van der Waals surface area contributed by atoms with E-state index in [4.69, 9.17) is 4.74 Å². The number of ether oxygens (including phenoxy) is 1. The van der Waals surface area contributed by atoms with E-state index in [0.717, 1.165) is 24.0 Å². The van der Waals surface area contributed by atoms with Crippen LogP contribution in [0.3, 0.4) is 0 Å². The molecule has 0 fully saturated rings. The monoisotopic (exact) mass is 464 g/mol. The van der Waals surface area contributed by atoms with Crippen molar-refractivity contribution in [1.29, 1.82) is 0 Å². The summed E-state index contributed by atoms with van der Waals surface area (Å²) in [6, 6.07) is 19.3. The van der Waals surface area contributed by atoms with Gasteiger partial charge >= 0.3 is 0 Å². The van der Waals surface area contributed by atoms with Gasteiger partial charge in [-0.05, 0) is 87.7 Å². The number of sulfonamides is 1. The molecule has 0 atom stereocenters. The average Bonchev–Trinajstić information content (AvgIpc) is 2.79. The first-order valence-corrected chi connectivity index (χ1v) is 12.5. The fraction of sp³-hybridized carbons (Fsp3) is 0.269. The Labute approximate surface area is 195 Å². The second-order valence-electron chi connectivity index (χ2n) is 8.48. The van der Waals surface area contributed by atoms with Gasteiger partial charge in [-0.25, -0.2) is 8.42 Å². The van der Waals surface area contributed by atoms with Crippen molar-refractivity contribution in [2.75, 3.05) is 16.2 Å². The van der Waals surface area contributed by atoms with Crippen LogP contribution in [0.1, 0.15) is 41.8 Å². The number of amides is 1. The zero-order chi connectivity index (χ0) is 23.6. The molecule has 1 aliphatic rings. The molecular formula is C26H28N2O4S. The van der Waals surface area contributed by atoms with Gasteiger partial charge in [0.05, 0.1) is 16.7 Å². The highest BCUT2D eigenvalue weighted by Gasteiger charge is 2.29. The summed E-state index contributed by atoms with van der Waals surface area (Å²) in [5.41, 5.74) is 3.60. The Morgan fingerprint density at radius 3 is 2.36 bits per heavy atom. The quantitative estimate of drug-likeness (QED) is 0.546. The molecule has 1 aliphatic heterocycles. The number of nitrogens with zero attached hydrogens (tertiary/aromatic N) is 1. The number of hydrogen-bond donors (Lipinski definition) is 1. The van der Waals surface area contributed by atoms with Crippen molar-refractivity contribution in [1.82, 2.24) is 0 Å². The standard InChI is InChI=1S/C26H28N2O4S/c1-18(2)32-23-12-9-21(10-13-23)26(29)27-22-11-8-20-5-4-16-28(25(20)17-22)33(30,31)24-14-6-19(3)7-15-24/h6-15,17-18H,4-5,16H2,1-3H3,(H,27,29). The second-order valence-corrected chi connectivity index (χ2v) is 10.3. The van der Waals surface area contributed by atoms with Gasteiger partial charge in [-0.1, -0.05) is 23.8 Å². The summed E-state index contributed by atoms with van der Waals surface area (Å²) >= 11 is 0. The number of benzene rings is 3. The summed E-state index contributed by atoms with van der Waals surface area (Å²) < 4.78 is 33.8. The number of anilines is 2. The van der Waals surface area contributed by atoms with Gasteiger partial charge < -0.3 is 10.1 Å². The van der Waals surface area contributed by atoms with Gasteiger partial charge in [0.15, 0.2) is 0 Å². The molecule has 6 nitrogen and oxygen atoms in total. The number of nitrogens with one attached hydrogen (secondary N) is 1. The van der Waals surface area contributed by atoms with Crippen molar-refractivity contribution in [3.63, 3.8) is 0 Å². The summed E-state index contributed by atoms with van der Waals surface area (Å²) in [6.07, 6.45) is 1.59. The van der Waals surface area contributed by atoms with E-state index in [0.29, 0.717) is 29.2 Å². The van der Waals surface area contributed by atoms with Crippen LogP contribution in [0.5, 0.6) is 5.75 Å². The molecule has 1 amide bonds. The van der Waals surface area contributed by atoms with Crippen LogP contribution in [0.2, 0.25) is 0 Å². The van der Waals surface area contributed by atoms with E-state index in [2.05, 4.69) is 5.32 Å². The van der Waals surface area contributed by atoms with E-state index in [1.807, 2.05) is 32.9 Å². The number of hydrogen-bond acceptors (Lipinski definition) is 4. The van der Waals surface area contributed by atoms with Crippen LogP contribution in [0.25, 0.3) is 0 Å². The van der Waals surface area contributed by atoms with Crippen LogP contribution in [0.15, 0.2) is 71.6 Å². The van der Waals surface area contributed by atoms with Gasteiger partial charge in [-0.3, -0.25) is 9.10 Å². The fourth-order valence-corrected chi connectivity index (χ4v) is 5.40. The Balaban J connectivity index is 1.58. The Hall–Kier alpha value is -3.32. The van der Waals surface area contributed by atoms with Crippen molar-refractivity contribution in [2.45, 2.75) is 44.6 Å². The molecule has 0 bridgehead atoms. The predicted octanol–water partition coefficient (Wildman–Crippen LogP) is 5.18.